The Morgan fingerprint density at radius 1 is 0.846 bits per heavy atom. The maximum absolute atomic E-state index is 5.78. The molecule has 0 saturated heterocycles. The molecule has 0 atom stereocenters. The van der Waals surface area contributed by atoms with E-state index in [0.29, 0.717) is 18.3 Å². The number of hydrogen-bond donors (Lipinski definition) is 0. The van der Waals surface area contributed by atoms with Crippen molar-refractivity contribution in [3.05, 3.63) is 71.6 Å². The first kappa shape index (κ1) is 15.0. The summed E-state index contributed by atoms with van der Waals surface area (Å²) in [6.07, 6.45) is 0. The molecule has 0 unspecified atom stereocenters. The van der Waals surface area contributed by atoms with Crippen molar-refractivity contribution in [3.8, 4) is 22.2 Å². The molecule has 0 fully saturated rings. The molecule has 6 nitrogen and oxygen atoms in total. The van der Waals surface area contributed by atoms with Crippen LogP contribution in [0, 0.1) is 0 Å². The summed E-state index contributed by atoms with van der Waals surface area (Å²) < 4.78 is 7.67. The Labute approximate surface area is 152 Å². The van der Waals surface area contributed by atoms with Crippen LogP contribution >= 0.6 is 11.3 Å². The molecule has 0 bridgehead atoms. The van der Waals surface area contributed by atoms with Gasteiger partial charge in [0.1, 0.15) is 5.52 Å². The maximum Gasteiger partial charge on any atom is 0.258 e. The van der Waals surface area contributed by atoms with Gasteiger partial charge in [-0.2, -0.15) is 0 Å². The van der Waals surface area contributed by atoms with E-state index in [-0.39, 0.29) is 0 Å². The SMILES string of the molecule is c1csc(-c2nnc(-c3ccc(Cn4nnc5ccccc54)cc3)o2)c1. The average Bonchev–Trinajstić information content (AvgIpc) is 3.43. The summed E-state index contributed by atoms with van der Waals surface area (Å²) in [5, 5.41) is 18.7. The Morgan fingerprint density at radius 2 is 1.69 bits per heavy atom. The number of aromatic nitrogens is 5. The van der Waals surface area contributed by atoms with Crippen molar-refractivity contribution in [3.63, 3.8) is 0 Å². The van der Waals surface area contributed by atoms with Crippen LogP contribution in [-0.4, -0.2) is 25.2 Å². The number of para-hydroxylation sites is 1. The van der Waals surface area contributed by atoms with Crippen LogP contribution < -0.4 is 0 Å². The molecule has 26 heavy (non-hydrogen) atoms. The normalized spacial score (nSPS) is 11.2. The van der Waals surface area contributed by atoms with Crippen molar-refractivity contribution >= 4 is 22.4 Å². The van der Waals surface area contributed by atoms with Gasteiger partial charge in [0.2, 0.25) is 5.89 Å². The van der Waals surface area contributed by atoms with Crippen LogP contribution in [0.2, 0.25) is 0 Å². The number of fused-ring (bicyclic) bond motifs is 1. The number of nitrogens with zero attached hydrogens (tertiary/aromatic N) is 5. The van der Waals surface area contributed by atoms with Gasteiger partial charge in [-0.15, -0.1) is 26.6 Å². The third-order valence-corrected chi connectivity index (χ3v) is 4.97. The van der Waals surface area contributed by atoms with E-state index in [9.17, 15) is 0 Å². The molecule has 5 aromatic rings. The molecule has 126 valence electrons. The minimum atomic E-state index is 0.520. The molecule has 7 heteroatoms. The third-order valence-electron chi connectivity index (χ3n) is 4.11. The highest BCUT2D eigenvalue weighted by Gasteiger charge is 2.11. The topological polar surface area (TPSA) is 69.6 Å². The summed E-state index contributed by atoms with van der Waals surface area (Å²) in [6.45, 7) is 0.658. The molecule has 0 amide bonds. The zero-order valence-electron chi connectivity index (χ0n) is 13.6. The lowest BCUT2D eigenvalue weighted by molar-refractivity contribution is 0.586. The highest BCUT2D eigenvalue weighted by atomic mass is 32.1. The van der Waals surface area contributed by atoms with Gasteiger partial charge in [0.15, 0.2) is 0 Å². The van der Waals surface area contributed by atoms with E-state index in [1.54, 1.807) is 11.3 Å². The average molecular weight is 359 g/mol. The van der Waals surface area contributed by atoms with E-state index in [0.717, 1.165) is 27.0 Å². The molecule has 5 rings (SSSR count). The fourth-order valence-corrected chi connectivity index (χ4v) is 3.44. The fraction of sp³-hybridized carbons (Fsp3) is 0.0526. The Hall–Kier alpha value is -3.32. The van der Waals surface area contributed by atoms with Crippen LogP contribution in [0.25, 0.3) is 33.3 Å². The van der Waals surface area contributed by atoms with Crippen LogP contribution in [0.1, 0.15) is 5.56 Å². The van der Waals surface area contributed by atoms with Crippen LogP contribution in [0.4, 0.5) is 0 Å². The Kier molecular flexibility index (Phi) is 3.57. The number of benzene rings is 2. The molecule has 2 aromatic carbocycles. The molecule has 0 N–H and O–H groups in total. The zero-order chi connectivity index (χ0) is 17.3. The number of rotatable bonds is 4. The van der Waals surface area contributed by atoms with E-state index in [4.69, 9.17) is 4.42 Å². The van der Waals surface area contributed by atoms with Gasteiger partial charge in [0.05, 0.1) is 16.9 Å². The van der Waals surface area contributed by atoms with Crippen LogP contribution in [0.15, 0.2) is 70.5 Å². The van der Waals surface area contributed by atoms with E-state index >= 15 is 0 Å². The minimum Gasteiger partial charge on any atom is -0.415 e. The van der Waals surface area contributed by atoms with Crippen molar-refractivity contribution in [1.82, 2.24) is 25.2 Å². The van der Waals surface area contributed by atoms with Gasteiger partial charge in [0.25, 0.3) is 5.89 Å². The van der Waals surface area contributed by atoms with E-state index in [1.807, 2.05) is 70.7 Å². The summed E-state index contributed by atoms with van der Waals surface area (Å²) in [4.78, 5) is 0.971. The Morgan fingerprint density at radius 3 is 2.54 bits per heavy atom. The van der Waals surface area contributed by atoms with E-state index in [2.05, 4.69) is 20.5 Å². The lowest BCUT2D eigenvalue weighted by atomic mass is 10.1. The maximum atomic E-state index is 5.78. The molecule has 0 saturated carbocycles. The van der Waals surface area contributed by atoms with Gasteiger partial charge in [-0.1, -0.05) is 35.5 Å². The quantitative estimate of drug-likeness (QED) is 0.479. The fourth-order valence-electron chi connectivity index (χ4n) is 2.80. The second kappa shape index (κ2) is 6.20. The summed E-state index contributed by atoms with van der Waals surface area (Å²) in [7, 11) is 0. The first-order valence-electron chi connectivity index (χ1n) is 8.12. The summed E-state index contributed by atoms with van der Waals surface area (Å²) in [5.74, 6) is 1.07. The first-order valence-corrected chi connectivity index (χ1v) is 9.00. The molecular formula is C19H13N5OS. The predicted octanol–water partition coefficient (Wildman–Crippen LogP) is 4.26. The molecule has 0 aliphatic heterocycles. The van der Waals surface area contributed by atoms with Gasteiger partial charge >= 0.3 is 0 Å². The molecule has 0 spiro atoms. The number of thiophene rings is 1. The lowest BCUT2D eigenvalue weighted by Crippen LogP contribution is -2.01. The van der Waals surface area contributed by atoms with Gasteiger partial charge in [-0.25, -0.2) is 4.68 Å². The van der Waals surface area contributed by atoms with Crippen molar-refractivity contribution < 1.29 is 4.42 Å². The van der Waals surface area contributed by atoms with Crippen molar-refractivity contribution in [2.24, 2.45) is 0 Å². The summed E-state index contributed by atoms with van der Waals surface area (Å²) in [5.41, 5.74) is 3.94. The Balaban J connectivity index is 1.39. The van der Waals surface area contributed by atoms with Crippen LogP contribution in [0.3, 0.4) is 0 Å². The molecule has 0 radical (unpaired) electrons. The molecule has 0 aliphatic carbocycles. The van der Waals surface area contributed by atoms with E-state index in [1.165, 1.54) is 0 Å². The monoisotopic (exact) mass is 359 g/mol. The molecule has 3 aromatic heterocycles. The second-order valence-corrected chi connectivity index (χ2v) is 6.77. The summed E-state index contributed by atoms with van der Waals surface area (Å²) in [6, 6.07) is 19.9. The molecule has 0 aliphatic rings. The zero-order valence-corrected chi connectivity index (χ0v) is 14.4. The van der Waals surface area contributed by atoms with E-state index < -0.39 is 0 Å². The first-order chi connectivity index (χ1) is 12.9. The minimum absolute atomic E-state index is 0.520. The molecular weight excluding hydrogens is 346 g/mol. The van der Waals surface area contributed by atoms with Crippen LogP contribution in [-0.2, 0) is 6.54 Å². The second-order valence-electron chi connectivity index (χ2n) is 5.82. The van der Waals surface area contributed by atoms with Crippen molar-refractivity contribution in [2.75, 3.05) is 0 Å². The molecule has 3 heterocycles. The van der Waals surface area contributed by atoms with Gasteiger partial charge < -0.3 is 4.42 Å². The summed E-state index contributed by atoms with van der Waals surface area (Å²) >= 11 is 1.58. The van der Waals surface area contributed by atoms with Crippen LogP contribution in [0.5, 0.6) is 0 Å². The number of hydrogen-bond acceptors (Lipinski definition) is 6. The smallest absolute Gasteiger partial charge is 0.258 e. The highest BCUT2D eigenvalue weighted by Crippen LogP contribution is 2.27. The van der Waals surface area contributed by atoms with Gasteiger partial charge in [-0.05, 0) is 41.3 Å². The van der Waals surface area contributed by atoms with Gasteiger partial charge in [0, 0.05) is 5.56 Å². The van der Waals surface area contributed by atoms with Gasteiger partial charge in [-0.3, -0.25) is 0 Å². The van der Waals surface area contributed by atoms with Crippen molar-refractivity contribution in [2.45, 2.75) is 6.54 Å². The third kappa shape index (κ3) is 2.68. The van der Waals surface area contributed by atoms with Crippen molar-refractivity contribution in [1.29, 1.82) is 0 Å². The largest absolute Gasteiger partial charge is 0.415 e. The standard InChI is InChI=1S/C19H13N5OS/c1-2-5-16-15(4-1)20-23-24(16)12-13-7-9-14(10-8-13)18-21-22-19(25-18)17-6-3-11-26-17/h1-11H,12H2. The Bertz CT molecular complexity index is 1160. The lowest BCUT2D eigenvalue weighted by Gasteiger charge is -2.03. The highest BCUT2D eigenvalue weighted by molar-refractivity contribution is 7.13. The predicted molar refractivity (Wildman–Crippen MR) is 99.7 cm³/mol.